The molecular weight excluding hydrogens is 424 g/mol. The van der Waals surface area contributed by atoms with Gasteiger partial charge >= 0.3 is 0 Å². The highest BCUT2D eigenvalue weighted by Crippen LogP contribution is 2.40. The zero-order valence-electron chi connectivity index (χ0n) is 20.4. The third-order valence-electron chi connectivity index (χ3n) is 5.73. The van der Waals surface area contributed by atoms with Crippen molar-refractivity contribution in [1.82, 2.24) is 19.5 Å². The molecule has 0 aliphatic heterocycles. The van der Waals surface area contributed by atoms with Gasteiger partial charge in [0.15, 0.2) is 0 Å². The minimum absolute atomic E-state index is 0.0181. The zero-order chi connectivity index (χ0) is 24.7. The number of benzene rings is 2. The maximum absolute atomic E-state index is 8.26. The summed E-state index contributed by atoms with van der Waals surface area (Å²) in [7, 11) is 1.51. The van der Waals surface area contributed by atoms with Crippen LogP contribution in [-0.2, 0) is 6.42 Å². The number of anilines is 3. The quantitative estimate of drug-likeness (QED) is 0.473. The molecule has 2 aromatic carbocycles. The Balaban J connectivity index is 1.61. The maximum Gasteiger partial charge on any atom is 0.231 e. The topological polar surface area (TPSA) is 82.1 Å². The van der Waals surface area contributed by atoms with Gasteiger partial charge in [-0.3, -0.25) is 0 Å². The number of ether oxygens (including phenoxy) is 1. The first-order valence-corrected chi connectivity index (χ1v) is 10.5. The lowest BCUT2D eigenvalue weighted by Gasteiger charge is -2.21. The van der Waals surface area contributed by atoms with E-state index in [0.717, 1.165) is 34.6 Å². The fraction of sp³-hybridized carbons (Fsp3) is 0.208. The number of nitrogens with zero attached hydrogens (tertiary/aromatic N) is 5. The Bertz CT molecular complexity index is 1380. The molecule has 1 aliphatic carbocycles. The normalized spacial score (nSPS) is 16.7. The number of hydrogen-bond acceptors (Lipinski definition) is 6. The SMILES string of the molecule is [2H]C([2H])([2H])N(c1ccc(-n2cnc(Cl)c2)c(OC)c1)c1nc(N)c2c(n1)[C@@H](c1ccccc1)CC2. The van der Waals surface area contributed by atoms with Crippen molar-refractivity contribution in [2.24, 2.45) is 0 Å². The Hall–Kier alpha value is -3.58. The van der Waals surface area contributed by atoms with Crippen LogP contribution in [0.25, 0.3) is 5.69 Å². The van der Waals surface area contributed by atoms with Crippen molar-refractivity contribution in [3.05, 3.63) is 83.0 Å². The van der Waals surface area contributed by atoms with Gasteiger partial charge in [0.1, 0.15) is 23.0 Å². The zero-order valence-corrected chi connectivity index (χ0v) is 18.1. The van der Waals surface area contributed by atoms with E-state index in [0.29, 0.717) is 28.1 Å². The molecule has 0 fully saturated rings. The highest BCUT2D eigenvalue weighted by molar-refractivity contribution is 6.29. The lowest BCUT2D eigenvalue weighted by molar-refractivity contribution is 0.413. The van der Waals surface area contributed by atoms with Crippen LogP contribution in [0, 0.1) is 0 Å². The number of fused-ring (bicyclic) bond motifs is 1. The molecule has 1 atom stereocenters. The largest absolute Gasteiger partial charge is 0.494 e. The Morgan fingerprint density at radius 2 is 2.06 bits per heavy atom. The van der Waals surface area contributed by atoms with Gasteiger partial charge in [-0.1, -0.05) is 41.9 Å². The number of hydrogen-bond donors (Lipinski definition) is 1. The second-order valence-electron chi connectivity index (χ2n) is 7.57. The van der Waals surface area contributed by atoms with Crippen LogP contribution in [0.4, 0.5) is 17.5 Å². The number of nitrogen functional groups attached to an aromatic ring is 1. The molecule has 0 saturated carbocycles. The molecule has 0 amide bonds. The van der Waals surface area contributed by atoms with Gasteiger partial charge < -0.3 is 19.9 Å². The number of imidazole rings is 1. The number of rotatable bonds is 5. The average molecular weight is 450 g/mol. The van der Waals surface area contributed by atoms with Crippen LogP contribution in [0.5, 0.6) is 5.75 Å². The maximum atomic E-state index is 8.26. The number of methoxy groups -OCH3 is 1. The Labute approximate surface area is 195 Å². The average Bonchev–Trinajstić information content (AvgIpc) is 3.45. The fourth-order valence-electron chi connectivity index (χ4n) is 4.15. The van der Waals surface area contributed by atoms with E-state index >= 15 is 0 Å². The van der Waals surface area contributed by atoms with Gasteiger partial charge in [-0.15, -0.1) is 0 Å². The lowest BCUT2D eigenvalue weighted by atomic mass is 9.97. The number of halogens is 1. The summed E-state index contributed by atoms with van der Waals surface area (Å²) in [5.41, 5.74) is 10.1. The fourth-order valence-corrected chi connectivity index (χ4v) is 4.30. The molecule has 2 aromatic heterocycles. The van der Waals surface area contributed by atoms with Crippen molar-refractivity contribution < 1.29 is 8.85 Å². The van der Waals surface area contributed by atoms with Crippen LogP contribution >= 0.6 is 11.6 Å². The van der Waals surface area contributed by atoms with Crippen LogP contribution in [0.1, 0.15) is 33.3 Å². The van der Waals surface area contributed by atoms with Crippen molar-refractivity contribution in [3.63, 3.8) is 0 Å². The molecule has 162 valence electrons. The Morgan fingerprint density at radius 3 is 2.78 bits per heavy atom. The van der Waals surface area contributed by atoms with E-state index in [1.807, 2.05) is 30.3 Å². The van der Waals surface area contributed by atoms with E-state index in [1.165, 1.54) is 7.11 Å². The molecule has 0 spiro atoms. The van der Waals surface area contributed by atoms with Crippen molar-refractivity contribution in [2.75, 3.05) is 24.7 Å². The van der Waals surface area contributed by atoms with Crippen molar-refractivity contribution >= 4 is 29.1 Å². The predicted molar refractivity (Wildman–Crippen MR) is 126 cm³/mol. The minimum Gasteiger partial charge on any atom is -0.494 e. The third-order valence-corrected chi connectivity index (χ3v) is 5.92. The molecule has 0 radical (unpaired) electrons. The van der Waals surface area contributed by atoms with E-state index in [9.17, 15) is 0 Å². The van der Waals surface area contributed by atoms with Gasteiger partial charge in [0.25, 0.3) is 0 Å². The molecule has 1 aliphatic rings. The van der Waals surface area contributed by atoms with E-state index in [-0.39, 0.29) is 11.9 Å². The van der Waals surface area contributed by atoms with E-state index in [2.05, 4.69) is 9.97 Å². The van der Waals surface area contributed by atoms with Crippen LogP contribution < -0.4 is 15.4 Å². The summed E-state index contributed by atoms with van der Waals surface area (Å²) in [6, 6.07) is 15.0. The summed E-state index contributed by atoms with van der Waals surface area (Å²) >= 11 is 5.96. The van der Waals surface area contributed by atoms with E-state index < -0.39 is 6.98 Å². The van der Waals surface area contributed by atoms with Gasteiger partial charge in [0.2, 0.25) is 5.95 Å². The summed E-state index contributed by atoms with van der Waals surface area (Å²) in [4.78, 5) is 14.3. The van der Waals surface area contributed by atoms with Crippen molar-refractivity contribution in [1.29, 1.82) is 0 Å². The van der Waals surface area contributed by atoms with E-state index in [1.54, 1.807) is 35.3 Å². The highest BCUT2D eigenvalue weighted by atomic mass is 35.5. The molecule has 4 aromatic rings. The van der Waals surface area contributed by atoms with Crippen molar-refractivity contribution in [2.45, 2.75) is 18.8 Å². The number of nitrogens with two attached hydrogens (primary N) is 1. The number of aromatic nitrogens is 4. The molecule has 5 rings (SSSR count). The van der Waals surface area contributed by atoms with Gasteiger partial charge in [0, 0.05) is 40.5 Å². The van der Waals surface area contributed by atoms with Gasteiger partial charge in [0.05, 0.1) is 18.5 Å². The Morgan fingerprint density at radius 1 is 1.22 bits per heavy atom. The van der Waals surface area contributed by atoms with Gasteiger partial charge in [-0.2, -0.15) is 4.98 Å². The molecule has 0 saturated heterocycles. The predicted octanol–water partition coefficient (Wildman–Crippen LogP) is 4.75. The summed E-state index contributed by atoms with van der Waals surface area (Å²) in [5, 5.41) is 0.329. The van der Waals surface area contributed by atoms with E-state index in [4.69, 9.17) is 31.2 Å². The monoisotopic (exact) mass is 449 g/mol. The molecule has 0 unspecified atom stereocenters. The third kappa shape index (κ3) is 3.54. The molecule has 8 heteroatoms. The first-order valence-electron chi connectivity index (χ1n) is 11.7. The van der Waals surface area contributed by atoms with Crippen molar-refractivity contribution in [3.8, 4) is 11.4 Å². The summed E-state index contributed by atoms with van der Waals surface area (Å²) in [5.74, 6) is 0.776. The van der Waals surface area contributed by atoms with Crippen LogP contribution in [-0.4, -0.2) is 33.6 Å². The molecule has 7 nitrogen and oxygen atoms in total. The van der Waals surface area contributed by atoms with Crippen LogP contribution in [0.3, 0.4) is 0 Å². The summed E-state index contributed by atoms with van der Waals surface area (Å²) in [6.45, 7) is -2.58. The molecular formula is C24H23ClN6O. The van der Waals surface area contributed by atoms with Crippen LogP contribution in [0.15, 0.2) is 61.1 Å². The first-order chi connectivity index (χ1) is 16.8. The highest BCUT2D eigenvalue weighted by Gasteiger charge is 2.29. The van der Waals surface area contributed by atoms with Crippen LogP contribution in [0.2, 0.25) is 5.15 Å². The molecule has 32 heavy (non-hydrogen) atoms. The standard InChI is InChI=1S/C24H23ClN6O/c1-30(16-8-11-19(20(12-16)32-2)31-13-21(25)27-14-31)24-28-22-17(15-6-4-3-5-7-15)9-10-18(22)23(26)29-24/h3-8,11-14,17H,9-10H2,1-2H3,(H2,26,28,29)/t17-/m1/s1/i1D3. The second-order valence-corrected chi connectivity index (χ2v) is 7.96. The Kier molecular flexibility index (Phi) is 4.35. The second kappa shape index (κ2) is 8.16. The molecule has 2 heterocycles. The van der Waals surface area contributed by atoms with Gasteiger partial charge in [-0.25, -0.2) is 9.97 Å². The first kappa shape index (κ1) is 17.0. The summed E-state index contributed by atoms with van der Waals surface area (Å²) in [6.07, 6.45) is 4.76. The molecule has 2 N–H and O–H groups in total. The molecule has 0 bridgehead atoms. The van der Waals surface area contributed by atoms with Gasteiger partial charge in [-0.05, 0) is 30.5 Å². The smallest absolute Gasteiger partial charge is 0.231 e. The minimum atomic E-state index is -2.58. The summed E-state index contributed by atoms with van der Waals surface area (Å²) < 4.78 is 32.0. The lowest BCUT2D eigenvalue weighted by Crippen LogP contribution is -2.16.